The van der Waals surface area contributed by atoms with Crippen LogP contribution in [0.5, 0.6) is 0 Å². The number of benzene rings is 1. The van der Waals surface area contributed by atoms with Gasteiger partial charge in [0.15, 0.2) is 0 Å². The van der Waals surface area contributed by atoms with Crippen LogP contribution in [0.2, 0.25) is 5.02 Å². The molecule has 2 rings (SSSR count). The zero-order valence-electron chi connectivity index (χ0n) is 16.4. The summed E-state index contributed by atoms with van der Waals surface area (Å²) in [4.78, 5) is 26.9. The first kappa shape index (κ1) is 22.8. The van der Waals surface area contributed by atoms with Gasteiger partial charge in [0.05, 0.1) is 5.75 Å². The van der Waals surface area contributed by atoms with Crippen LogP contribution in [0.25, 0.3) is 0 Å². The van der Waals surface area contributed by atoms with E-state index in [1.165, 1.54) is 4.90 Å². The molecular weight excluding hydrogens is 402 g/mol. The van der Waals surface area contributed by atoms with Crippen LogP contribution < -0.4 is 11.1 Å². The van der Waals surface area contributed by atoms with Crippen LogP contribution >= 0.6 is 11.6 Å². The van der Waals surface area contributed by atoms with Gasteiger partial charge in [-0.1, -0.05) is 38.4 Å². The maximum absolute atomic E-state index is 12.8. The Labute approximate surface area is 173 Å². The van der Waals surface area contributed by atoms with Crippen molar-refractivity contribution in [3.8, 4) is 0 Å². The van der Waals surface area contributed by atoms with Crippen molar-refractivity contribution in [3.05, 3.63) is 34.3 Å². The molecule has 9 heteroatoms. The van der Waals surface area contributed by atoms with E-state index in [1.54, 1.807) is 39.0 Å². The molecule has 2 unspecified atom stereocenters. The molecule has 1 fully saturated rings. The molecule has 1 saturated heterocycles. The van der Waals surface area contributed by atoms with Crippen molar-refractivity contribution in [1.29, 1.82) is 0 Å². The number of rotatable bonds is 5. The SMILES string of the molecule is CC(C)(C)[C@@H](O)C(=O)N1CCS(=O)CC1C(=O)NCc1cc(Cl)ccc1CN. The van der Waals surface area contributed by atoms with Gasteiger partial charge in [-0.2, -0.15) is 0 Å². The van der Waals surface area contributed by atoms with E-state index in [1.807, 2.05) is 0 Å². The van der Waals surface area contributed by atoms with Crippen LogP contribution in [0.15, 0.2) is 18.2 Å². The molecule has 0 aromatic heterocycles. The Hall–Kier alpha value is -1.48. The van der Waals surface area contributed by atoms with Gasteiger partial charge in [0, 0.05) is 41.2 Å². The molecule has 1 heterocycles. The minimum atomic E-state index is -1.24. The number of carbonyl (C=O) groups is 2. The highest BCUT2D eigenvalue weighted by molar-refractivity contribution is 7.85. The van der Waals surface area contributed by atoms with Gasteiger partial charge in [-0.05, 0) is 28.7 Å². The first-order valence-electron chi connectivity index (χ1n) is 9.13. The molecule has 0 spiro atoms. The Balaban J connectivity index is 2.15. The number of nitrogens with zero attached hydrogens (tertiary/aromatic N) is 1. The highest BCUT2D eigenvalue weighted by Gasteiger charge is 2.40. The number of halogens is 1. The second-order valence-electron chi connectivity index (χ2n) is 7.96. The fourth-order valence-electron chi connectivity index (χ4n) is 2.97. The largest absolute Gasteiger partial charge is 0.383 e. The van der Waals surface area contributed by atoms with Gasteiger partial charge >= 0.3 is 0 Å². The van der Waals surface area contributed by atoms with Gasteiger partial charge < -0.3 is 21.1 Å². The van der Waals surface area contributed by atoms with Gasteiger partial charge in [-0.3, -0.25) is 13.8 Å². The van der Waals surface area contributed by atoms with Gasteiger partial charge in [-0.15, -0.1) is 0 Å². The molecule has 28 heavy (non-hydrogen) atoms. The number of hydrogen-bond donors (Lipinski definition) is 3. The van der Waals surface area contributed by atoms with Crippen molar-refractivity contribution in [1.82, 2.24) is 10.2 Å². The summed E-state index contributed by atoms with van der Waals surface area (Å²) in [6.45, 7) is 5.92. The summed E-state index contributed by atoms with van der Waals surface area (Å²) in [7, 11) is -1.20. The van der Waals surface area contributed by atoms with Crippen molar-refractivity contribution in [2.24, 2.45) is 11.1 Å². The third kappa shape index (κ3) is 5.53. The molecule has 1 aromatic carbocycles. The predicted molar refractivity (Wildman–Crippen MR) is 110 cm³/mol. The van der Waals surface area contributed by atoms with Crippen LogP contribution in [-0.4, -0.2) is 56.2 Å². The lowest BCUT2D eigenvalue weighted by atomic mass is 9.88. The Morgan fingerprint density at radius 1 is 1.39 bits per heavy atom. The number of aliphatic hydroxyl groups excluding tert-OH is 1. The van der Waals surface area contributed by atoms with Gasteiger partial charge in [0.2, 0.25) is 5.91 Å². The zero-order valence-corrected chi connectivity index (χ0v) is 18.0. The zero-order chi connectivity index (χ0) is 21.1. The number of nitrogens with two attached hydrogens (primary N) is 1. The summed E-state index contributed by atoms with van der Waals surface area (Å²) in [5.74, 6) is -0.591. The van der Waals surface area contributed by atoms with Crippen molar-refractivity contribution in [3.63, 3.8) is 0 Å². The molecule has 0 saturated carbocycles. The standard InChI is InChI=1S/C19H28ClN3O4S/c1-19(2,3)16(24)18(26)23-6-7-28(27)11-15(23)17(25)22-10-13-8-14(20)5-4-12(13)9-21/h4-5,8,15-16,24H,6-7,9-11,21H2,1-3H3,(H,22,25)/t15?,16-,28?/m0/s1. The van der Waals surface area contributed by atoms with E-state index in [-0.39, 0.29) is 24.6 Å². The van der Waals surface area contributed by atoms with Crippen molar-refractivity contribution >= 4 is 34.2 Å². The molecule has 7 nitrogen and oxygen atoms in total. The van der Waals surface area contributed by atoms with E-state index in [4.69, 9.17) is 17.3 Å². The topological polar surface area (TPSA) is 113 Å². The summed E-state index contributed by atoms with van der Waals surface area (Å²) in [6, 6.07) is 4.37. The van der Waals surface area contributed by atoms with E-state index in [0.717, 1.165) is 11.1 Å². The van der Waals surface area contributed by atoms with Crippen molar-refractivity contribution in [2.45, 2.75) is 46.0 Å². The summed E-state index contributed by atoms with van der Waals surface area (Å²) in [6.07, 6.45) is -1.24. The first-order valence-corrected chi connectivity index (χ1v) is 11.0. The minimum Gasteiger partial charge on any atom is -0.383 e. The Morgan fingerprint density at radius 3 is 2.68 bits per heavy atom. The second-order valence-corrected chi connectivity index (χ2v) is 10.0. The lowest BCUT2D eigenvalue weighted by Crippen LogP contribution is -2.59. The van der Waals surface area contributed by atoms with Crippen LogP contribution in [0.3, 0.4) is 0 Å². The Bertz CT molecular complexity index is 766. The lowest BCUT2D eigenvalue weighted by molar-refractivity contribution is -0.151. The lowest BCUT2D eigenvalue weighted by Gasteiger charge is -2.38. The molecule has 1 aromatic rings. The van der Waals surface area contributed by atoms with Crippen LogP contribution in [0, 0.1) is 5.41 Å². The van der Waals surface area contributed by atoms with E-state index in [0.29, 0.717) is 11.6 Å². The van der Waals surface area contributed by atoms with Gasteiger partial charge in [0.25, 0.3) is 5.91 Å². The predicted octanol–water partition coefficient (Wildman–Crippen LogP) is 0.781. The number of aliphatic hydroxyl groups is 1. The maximum atomic E-state index is 12.8. The normalized spacial score (nSPS) is 21.3. The summed E-state index contributed by atoms with van der Waals surface area (Å²) < 4.78 is 12.0. The van der Waals surface area contributed by atoms with Crippen LogP contribution in [0.1, 0.15) is 31.9 Å². The van der Waals surface area contributed by atoms with Crippen LogP contribution in [0.4, 0.5) is 0 Å². The molecule has 1 aliphatic rings. The second kappa shape index (κ2) is 9.35. The summed E-state index contributed by atoms with van der Waals surface area (Å²) >= 11 is 6.02. The van der Waals surface area contributed by atoms with E-state index in [9.17, 15) is 18.9 Å². The quantitative estimate of drug-likeness (QED) is 0.640. The average molecular weight is 430 g/mol. The first-order chi connectivity index (χ1) is 13.0. The number of nitrogens with one attached hydrogen (secondary N) is 1. The maximum Gasteiger partial charge on any atom is 0.252 e. The van der Waals surface area contributed by atoms with E-state index < -0.39 is 40.2 Å². The molecule has 3 atom stereocenters. The monoisotopic (exact) mass is 429 g/mol. The smallest absolute Gasteiger partial charge is 0.252 e. The molecule has 0 aliphatic carbocycles. The van der Waals surface area contributed by atoms with E-state index in [2.05, 4.69) is 5.32 Å². The molecule has 0 radical (unpaired) electrons. The number of hydrogen-bond acceptors (Lipinski definition) is 5. The van der Waals surface area contributed by atoms with Crippen molar-refractivity contribution < 1.29 is 18.9 Å². The van der Waals surface area contributed by atoms with E-state index >= 15 is 0 Å². The fraction of sp³-hybridized carbons (Fsp3) is 0.579. The third-order valence-electron chi connectivity index (χ3n) is 4.76. The molecule has 1 aliphatic heterocycles. The summed E-state index contributed by atoms with van der Waals surface area (Å²) in [5.41, 5.74) is 6.71. The summed E-state index contributed by atoms with van der Waals surface area (Å²) in [5, 5.41) is 13.7. The molecular formula is C19H28ClN3O4S. The van der Waals surface area contributed by atoms with Gasteiger partial charge in [0.1, 0.15) is 12.1 Å². The molecule has 2 amide bonds. The van der Waals surface area contributed by atoms with Gasteiger partial charge in [-0.25, -0.2) is 0 Å². The molecule has 156 valence electrons. The minimum absolute atomic E-state index is 0.0493. The van der Waals surface area contributed by atoms with Crippen molar-refractivity contribution in [2.75, 3.05) is 18.1 Å². The molecule has 0 bridgehead atoms. The number of amides is 2. The fourth-order valence-corrected chi connectivity index (χ4v) is 4.42. The molecule has 4 N–H and O–H groups in total. The van der Waals surface area contributed by atoms with Crippen LogP contribution in [-0.2, 0) is 33.5 Å². The highest BCUT2D eigenvalue weighted by atomic mass is 35.5. The highest BCUT2D eigenvalue weighted by Crippen LogP contribution is 2.23. The Morgan fingerprint density at radius 2 is 2.07 bits per heavy atom. The third-order valence-corrected chi connectivity index (χ3v) is 6.32. The Kier molecular flexibility index (Phi) is 7.61. The number of carbonyl (C=O) groups excluding carboxylic acids is 2. The average Bonchev–Trinajstić information content (AvgIpc) is 2.64.